The zero-order valence-corrected chi connectivity index (χ0v) is 16.1. The Morgan fingerprint density at radius 1 is 1.19 bits per heavy atom. The van der Waals surface area contributed by atoms with Gasteiger partial charge in [0.1, 0.15) is 13.2 Å². The maximum atomic E-state index is 12.9. The largest absolute Gasteiger partial charge is 0.486 e. The molecule has 2 aliphatic heterocycles. The van der Waals surface area contributed by atoms with Gasteiger partial charge in [-0.3, -0.25) is 4.79 Å². The lowest BCUT2D eigenvalue weighted by Crippen LogP contribution is -2.43. The number of benzene rings is 1. The fourth-order valence-corrected chi connectivity index (χ4v) is 4.32. The fraction of sp³-hybridized carbons (Fsp3) is 0.611. The Balaban J connectivity index is 1.63. The summed E-state index contributed by atoms with van der Waals surface area (Å²) in [4.78, 5) is 14.7. The molecule has 0 unspecified atom stereocenters. The summed E-state index contributed by atoms with van der Waals surface area (Å²) in [6.45, 7) is 5.00. The van der Waals surface area contributed by atoms with Gasteiger partial charge in [-0.25, -0.2) is 12.7 Å². The van der Waals surface area contributed by atoms with Gasteiger partial charge in [0.05, 0.1) is 6.26 Å². The molecule has 1 saturated heterocycles. The van der Waals surface area contributed by atoms with Crippen molar-refractivity contribution in [2.45, 2.75) is 26.3 Å². The molecule has 8 heteroatoms. The number of sulfonamides is 1. The van der Waals surface area contributed by atoms with Crippen LogP contribution in [0.3, 0.4) is 0 Å². The van der Waals surface area contributed by atoms with E-state index in [0.29, 0.717) is 52.2 Å². The molecule has 144 valence electrons. The third kappa shape index (κ3) is 4.29. The molecule has 0 atom stereocenters. The predicted molar refractivity (Wildman–Crippen MR) is 97.7 cm³/mol. The monoisotopic (exact) mass is 382 g/mol. The molecule has 1 fully saturated rings. The van der Waals surface area contributed by atoms with Crippen LogP contribution < -0.4 is 9.47 Å². The summed E-state index contributed by atoms with van der Waals surface area (Å²) in [7, 11) is -3.18. The van der Waals surface area contributed by atoms with Gasteiger partial charge in [-0.05, 0) is 37.5 Å². The molecule has 0 spiro atoms. The zero-order chi connectivity index (χ0) is 18.7. The highest BCUT2D eigenvalue weighted by molar-refractivity contribution is 7.88. The van der Waals surface area contributed by atoms with Gasteiger partial charge in [0.25, 0.3) is 0 Å². The molecule has 2 heterocycles. The predicted octanol–water partition coefficient (Wildman–Crippen LogP) is 1.48. The molecule has 3 rings (SSSR count). The number of hydrogen-bond acceptors (Lipinski definition) is 5. The number of nitrogens with zero attached hydrogens (tertiary/aromatic N) is 2. The van der Waals surface area contributed by atoms with Crippen LogP contribution in [0, 0.1) is 5.92 Å². The van der Waals surface area contributed by atoms with E-state index in [-0.39, 0.29) is 11.8 Å². The van der Waals surface area contributed by atoms with Crippen LogP contribution in [0.2, 0.25) is 0 Å². The number of piperidine rings is 1. The van der Waals surface area contributed by atoms with E-state index in [9.17, 15) is 13.2 Å². The van der Waals surface area contributed by atoms with E-state index in [1.165, 1.54) is 10.6 Å². The molecule has 0 saturated carbocycles. The average molecular weight is 382 g/mol. The normalized spacial score (nSPS) is 18.5. The summed E-state index contributed by atoms with van der Waals surface area (Å²) in [6.07, 6.45) is 2.36. The van der Waals surface area contributed by atoms with Gasteiger partial charge in [0.15, 0.2) is 11.5 Å². The van der Waals surface area contributed by atoms with E-state index in [0.717, 1.165) is 17.1 Å². The van der Waals surface area contributed by atoms with Crippen LogP contribution in [0.1, 0.15) is 25.3 Å². The van der Waals surface area contributed by atoms with Gasteiger partial charge in [-0.15, -0.1) is 0 Å². The highest BCUT2D eigenvalue weighted by Crippen LogP contribution is 2.31. The molecule has 0 N–H and O–H groups in total. The fourth-order valence-electron chi connectivity index (χ4n) is 3.44. The van der Waals surface area contributed by atoms with Crippen molar-refractivity contribution < 1.29 is 22.7 Å². The van der Waals surface area contributed by atoms with Crippen LogP contribution in [0.5, 0.6) is 11.5 Å². The molecule has 0 radical (unpaired) electrons. The summed E-state index contributed by atoms with van der Waals surface area (Å²) in [5, 5.41) is 0. The Morgan fingerprint density at radius 2 is 1.85 bits per heavy atom. The van der Waals surface area contributed by atoms with Crippen LogP contribution in [0.25, 0.3) is 0 Å². The number of carbonyl (C=O) groups is 1. The molecule has 2 aliphatic rings. The van der Waals surface area contributed by atoms with Crippen LogP contribution in [-0.4, -0.2) is 62.6 Å². The summed E-state index contributed by atoms with van der Waals surface area (Å²) in [5.41, 5.74) is 0.998. The van der Waals surface area contributed by atoms with E-state index >= 15 is 0 Å². The first-order valence-electron chi connectivity index (χ1n) is 9.01. The van der Waals surface area contributed by atoms with Crippen LogP contribution in [0.15, 0.2) is 18.2 Å². The second-order valence-electron chi connectivity index (χ2n) is 6.77. The Hall–Kier alpha value is -1.80. The quantitative estimate of drug-likeness (QED) is 0.771. The molecule has 0 bridgehead atoms. The van der Waals surface area contributed by atoms with E-state index in [1.807, 2.05) is 30.0 Å². The standard InChI is InChI=1S/C18H26N2O5S/c1-3-19(13-14-4-5-16-17(12-14)25-11-10-24-16)18(21)15-6-8-20(9-7-15)26(2,22)23/h4-5,12,15H,3,6-11,13H2,1-2H3. The number of fused-ring (bicyclic) bond motifs is 1. The average Bonchev–Trinajstić information content (AvgIpc) is 2.65. The molecular formula is C18H26N2O5S. The van der Waals surface area contributed by atoms with Gasteiger partial charge < -0.3 is 14.4 Å². The summed E-state index contributed by atoms with van der Waals surface area (Å²) < 4.78 is 35.8. The Morgan fingerprint density at radius 3 is 2.46 bits per heavy atom. The lowest BCUT2D eigenvalue weighted by molar-refractivity contribution is -0.137. The zero-order valence-electron chi connectivity index (χ0n) is 15.3. The van der Waals surface area contributed by atoms with E-state index < -0.39 is 10.0 Å². The third-order valence-electron chi connectivity index (χ3n) is 4.95. The van der Waals surface area contributed by atoms with Crippen LogP contribution in [0.4, 0.5) is 0 Å². The molecule has 0 aromatic heterocycles. The highest BCUT2D eigenvalue weighted by Gasteiger charge is 2.31. The van der Waals surface area contributed by atoms with E-state index in [1.54, 1.807) is 0 Å². The second kappa shape index (κ2) is 7.84. The minimum Gasteiger partial charge on any atom is -0.486 e. The van der Waals surface area contributed by atoms with Gasteiger partial charge in [-0.1, -0.05) is 6.07 Å². The number of carbonyl (C=O) groups excluding carboxylic acids is 1. The van der Waals surface area contributed by atoms with E-state index in [2.05, 4.69) is 0 Å². The van der Waals surface area contributed by atoms with Crippen molar-refractivity contribution >= 4 is 15.9 Å². The molecule has 1 aromatic carbocycles. The van der Waals surface area contributed by atoms with Crippen molar-refractivity contribution in [1.82, 2.24) is 9.21 Å². The number of amides is 1. The Kier molecular flexibility index (Phi) is 5.72. The molecule has 26 heavy (non-hydrogen) atoms. The highest BCUT2D eigenvalue weighted by atomic mass is 32.2. The van der Waals surface area contributed by atoms with Crippen LogP contribution in [-0.2, 0) is 21.4 Å². The van der Waals surface area contributed by atoms with Crippen molar-refractivity contribution in [3.05, 3.63) is 23.8 Å². The summed E-state index contributed by atoms with van der Waals surface area (Å²) in [5.74, 6) is 1.43. The van der Waals surface area contributed by atoms with Crippen molar-refractivity contribution in [2.75, 3.05) is 39.1 Å². The molecular weight excluding hydrogens is 356 g/mol. The van der Waals surface area contributed by atoms with Crippen LogP contribution >= 0.6 is 0 Å². The van der Waals surface area contributed by atoms with Crippen molar-refractivity contribution in [3.8, 4) is 11.5 Å². The summed E-state index contributed by atoms with van der Waals surface area (Å²) >= 11 is 0. The number of hydrogen-bond donors (Lipinski definition) is 0. The lowest BCUT2D eigenvalue weighted by Gasteiger charge is -2.33. The molecule has 7 nitrogen and oxygen atoms in total. The van der Waals surface area contributed by atoms with Gasteiger partial charge in [0.2, 0.25) is 15.9 Å². The first kappa shape index (κ1) is 19.0. The SMILES string of the molecule is CCN(Cc1ccc2c(c1)OCCO2)C(=O)C1CCN(S(C)(=O)=O)CC1. The number of rotatable bonds is 5. The smallest absolute Gasteiger partial charge is 0.226 e. The van der Waals surface area contributed by atoms with Gasteiger partial charge >= 0.3 is 0 Å². The molecule has 1 amide bonds. The van der Waals surface area contributed by atoms with Gasteiger partial charge in [0, 0.05) is 32.1 Å². The first-order chi connectivity index (χ1) is 12.4. The summed E-state index contributed by atoms with van der Waals surface area (Å²) in [6, 6.07) is 5.76. The van der Waals surface area contributed by atoms with Crippen molar-refractivity contribution in [3.63, 3.8) is 0 Å². The maximum absolute atomic E-state index is 12.9. The second-order valence-corrected chi connectivity index (χ2v) is 8.75. The third-order valence-corrected chi connectivity index (χ3v) is 6.25. The molecule has 0 aliphatic carbocycles. The maximum Gasteiger partial charge on any atom is 0.226 e. The number of ether oxygens (including phenoxy) is 2. The minimum atomic E-state index is -3.18. The van der Waals surface area contributed by atoms with Crippen molar-refractivity contribution in [1.29, 1.82) is 0 Å². The Labute approximate surface area is 154 Å². The lowest BCUT2D eigenvalue weighted by atomic mass is 9.96. The molecule has 1 aromatic rings. The van der Waals surface area contributed by atoms with Gasteiger partial charge in [-0.2, -0.15) is 0 Å². The Bertz CT molecular complexity index is 757. The minimum absolute atomic E-state index is 0.0931. The topological polar surface area (TPSA) is 76.2 Å². The first-order valence-corrected chi connectivity index (χ1v) is 10.9. The van der Waals surface area contributed by atoms with E-state index in [4.69, 9.17) is 9.47 Å². The van der Waals surface area contributed by atoms with Crippen molar-refractivity contribution in [2.24, 2.45) is 5.92 Å².